The minimum Gasteiger partial charge on any atom is -0.591 e. The van der Waals surface area contributed by atoms with Crippen LogP contribution < -0.4 is 0 Å². The fourth-order valence-corrected chi connectivity index (χ4v) is 2.28. The van der Waals surface area contributed by atoms with Crippen molar-refractivity contribution in [3.63, 3.8) is 0 Å². The fraction of sp³-hybridized carbons (Fsp3) is 0.556. The number of hydrogen-bond acceptors (Lipinski definition) is 4. The van der Waals surface area contributed by atoms with Gasteiger partial charge in [0.15, 0.2) is 0 Å². The molecule has 0 aliphatic rings. The molecule has 0 bridgehead atoms. The molecule has 0 N–H and O–H groups in total. The van der Waals surface area contributed by atoms with Crippen molar-refractivity contribution in [3.8, 4) is 0 Å². The van der Waals surface area contributed by atoms with Crippen molar-refractivity contribution in [3.05, 3.63) is 35.9 Å². The number of benzene rings is 1. The SMILES string of the molecule is CC(C)(CC/C=N/[S+]([O-])C(C)(C)C)C(=O)OCc1ccccc1. The number of carbonyl (C=O) groups is 1. The first-order valence-corrected chi connectivity index (χ1v) is 8.89. The standard InChI is InChI=1S/C18H27NO3S/c1-17(2,3)23(21)19-13-9-12-18(4,5)16(20)22-14-15-10-7-6-8-11-15/h6-8,10-11,13H,9,12,14H2,1-5H3/b19-13+. The zero-order chi connectivity index (χ0) is 17.5. The number of carbonyl (C=O) groups excluding carboxylic acids is 1. The Kier molecular flexibility index (Phi) is 7.29. The Hall–Kier alpha value is -1.33. The largest absolute Gasteiger partial charge is 0.591 e. The molecule has 1 aromatic carbocycles. The van der Waals surface area contributed by atoms with Gasteiger partial charge in [-0.25, -0.2) is 0 Å². The highest BCUT2D eigenvalue weighted by Gasteiger charge is 2.29. The van der Waals surface area contributed by atoms with Gasteiger partial charge < -0.3 is 9.29 Å². The molecule has 1 rings (SSSR count). The van der Waals surface area contributed by atoms with Crippen LogP contribution in [0.3, 0.4) is 0 Å². The summed E-state index contributed by atoms with van der Waals surface area (Å²) in [6.07, 6.45) is 2.84. The first kappa shape index (κ1) is 19.7. The number of hydrogen-bond donors (Lipinski definition) is 0. The third-order valence-electron chi connectivity index (χ3n) is 3.36. The molecule has 1 atom stereocenters. The van der Waals surface area contributed by atoms with Crippen LogP contribution >= 0.6 is 0 Å². The van der Waals surface area contributed by atoms with Crippen LogP contribution in [0.15, 0.2) is 34.7 Å². The fourth-order valence-electron chi connectivity index (χ4n) is 1.72. The van der Waals surface area contributed by atoms with Crippen molar-refractivity contribution in [1.29, 1.82) is 0 Å². The Morgan fingerprint density at radius 3 is 2.39 bits per heavy atom. The molecule has 0 saturated heterocycles. The van der Waals surface area contributed by atoms with Crippen LogP contribution in [0.1, 0.15) is 53.0 Å². The highest BCUT2D eigenvalue weighted by molar-refractivity contribution is 7.91. The monoisotopic (exact) mass is 337 g/mol. The molecule has 0 amide bonds. The highest BCUT2D eigenvalue weighted by Crippen LogP contribution is 2.24. The molecule has 0 aliphatic carbocycles. The van der Waals surface area contributed by atoms with Crippen LogP contribution in [0.2, 0.25) is 0 Å². The van der Waals surface area contributed by atoms with Crippen molar-refractivity contribution < 1.29 is 14.1 Å². The second kappa shape index (κ2) is 8.50. The lowest BCUT2D eigenvalue weighted by atomic mass is 9.88. The zero-order valence-corrected chi connectivity index (χ0v) is 15.5. The summed E-state index contributed by atoms with van der Waals surface area (Å²) in [6.45, 7) is 9.64. The van der Waals surface area contributed by atoms with E-state index in [1.54, 1.807) is 6.21 Å². The van der Waals surface area contributed by atoms with Crippen molar-refractivity contribution in [2.24, 2.45) is 9.81 Å². The van der Waals surface area contributed by atoms with E-state index in [-0.39, 0.29) is 17.3 Å². The molecular weight excluding hydrogens is 310 g/mol. The quantitative estimate of drug-likeness (QED) is 0.428. The number of rotatable bonds is 7. The minimum atomic E-state index is -1.25. The summed E-state index contributed by atoms with van der Waals surface area (Å²) < 4.78 is 20.9. The van der Waals surface area contributed by atoms with Crippen LogP contribution in [0, 0.1) is 5.41 Å². The molecule has 4 nitrogen and oxygen atoms in total. The first-order chi connectivity index (χ1) is 10.6. The maximum Gasteiger partial charge on any atom is 0.311 e. The van der Waals surface area contributed by atoms with Crippen LogP contribution in [-0.2, 0) is 27.5 Å². The second-order valence-corrected chi connectivity index (χ2v) is 9.07. The minimum absolute atomic E-state index is 0.230. The van der Waals surface area contributed by atoms with Gasteiger partial charge in [0, 0.05) is 0 Å². The molecule has 23 heavy (non-hydrogen) atoms. The van der Waals surface area contributed by atoms with Gasteiger partial charge in [-0.15, -0.1) is 0 Å². The number of esters is 1. The van der Waals surface area contributed by atoms with E-state index in [0.29, 0.717) is 12.8 Å². The predicted molar refractivity (Wildman–Crippen MR) is 95.6 cm³/mol. The van der Waals surface area contributed by atoms with E-state index in [9.17, 15) is 9.35 Å². The maximum atomic E-state index is 12.2. The molecule has 0 fully saturated rings. The first-order valence-electron chi connectivity index (χ1n) is 7.78. The van der Waals surface area contributed by atoms with Crippen LogP contribution in [0.5, 0.6) is 0 Å². The normalized spacial score (nSPS) is 14.0. The Morgan fingerprint density at radius 2 is 1.83 bits per heavy atom. The lowest BCUT2D eigenvalue weighted by Gasteiger charge is -2.22. The zero-order valence-electron chi connectivity index (χ0n) is 14.7. The van der Waals surface area contributed by atoms with Gasteiger partial charge in [-0.05, 0) is 53.0 Å². The Labute approximate surface area is 142 Å². The molecule has 0 aliphatic heterocycles. The number of nitrogens with zero attached hydrogens (tertiary/aromatic N) is 1. The van der Waals surface area contributed by atoms with E-state index in [0.717, 1.165) is 5.56 Å². The molecule has 128 valence electrons. The molecule has 5 heteroatoms. The smallest absolute Gasteiger partial charge is 0.311 e. The summed E-state index contributed by atoms with van der Waals surface area (Å²) in [4.78, 5) is 12.2. The van der Waals surface area contributed by atoms with Gasteiger partial charge in [0.05, 0.1) is 11.6 Å². The average molecular weight is 337 g/mol. The Morgan fingerprint density at radius 1 is 1.22 bits per heavy atom. The molecular formula is C18H27NO3S. The van der Waals surface area contributed by atoms with Crippen molar-refractivity contribution in [1.82, 2.24) is 0 Å². The molecule has 1 unspecified atom stereocenters. The summed E-state index contributed by atoms with van der Waals surface area (Å²) in [6, 6.07) is 9.61. The second-order valence-electron chi connectivity index (χ2n) is 7.13. The highest BCUT2D eigenvalue weighted by atomic mass is 32.2. The maximum absolute atomic E-state index is 12.2. The third kappa shape index (κ3) is 7.18. The van der Waals surface area contributed by atoms with Crippen molar-refractivity contribution in [2.75, 3.05) is 0 Å². The summed E-state index contributed by atoms with van der Waals surface area (Å²) in [7, 11) is 0. The predicted octanol–water partition coefficient (Wildman–Crippen LogP) is 4.07. The molecule has 0 saturated carbocycles. The lowest BCUT2D eigenvalue weighted by molar-refractivity contribution is -0.155. The van der Waals surface area contributed by atoms with E-state index in [4.69, 9.17) is 4.74 Å². The van der Waals surface area contributed by atoms with Gasteiger partial charge in [0.25, 0.3) is 0 Å². The summed E-state index contributed by atoms with van der Waals surface area (Å²) in [5.41, 5.74) is 0.378. The van der Waals surface area contributed by atoms with Crippen LogP contribution in [0.25, 0.3) is 0 Å². The van der Waals surface area contributed by atoms with Crippen molar-refractivity contribution in [2.45, 2.75) is 58.8 Å². The van der Waals surface area contributed by atoms with E-state index >= 15 is 0 Å². The Balaban J connectivity index is 2.42. The van der Waals surface area contributed by atoms with Gasteiger partial charge in [0.1, 0.15) is 22.7 Å². The van der Waals surface area contributed by atoms with E-state index < -0.39 is 16.8 Å². The van der Waals surface area contributed by atoms with Crippen LogP contribution in [-0.4, -0.2) is 21.5 Å². The molecule has 0 spiro atoms. The summed E-state index contributed by atoms with van der Waals surface area (Å²) in [5.74, 6) is -0.230. The van der Waals surface area contributed by atoms with Crippen LogP contribution in [0.4, 0.5) is 0 Å². The topological polar surface area (TPSA) is 61.7 Å². The molecule has 0 aromatic heterocycles. The van der Waals surface area contributed by atoms with Gasteiger partial charge in [0.2, 0.25) is 0 Å². The summed E-state index contributed by atoms with van der Waals surface area (Å²) in [5, 5.41) is 0. The van der Waals surface area contributed by atoms with Gasteiger partial charge in [-0.3, -0.25) is 4.79 Å². The van der Waals surface area contributed by atoms with Gasteiger partial charge in [-0.1, -0.05) is 34.7 Å². The number of ether oxygens (including phenoxy) is 1. The van der Waals surface area contributed by atoms with Gasteiger partial charge >= 0.3 is 5.97 Å². The van der Waals surface area contributed by atoms with Crippen molar-refractivity contribution >= 4 is 23.5 Å². The molecule has 0 radical (unpaired) electrons. The summed E-state index contributed by atoms with van der Waals surface area (Å²) >= 11 is -1.25. The average Bonchev–Trinajstić information content (AvgIpc) is 2.49. The van der Waals surface area contributed by atoms with E-state index in [1.807, 2.05) is 65.0 Å². The Bertz CT molecular complexity index is 521. The third-order valence-corrected chi connectivity index (χ3v) is 4.75. The van der Waals surface area contributed by atoms with E-state index in [1.165, 1.54) is 0 Å². The molecule has 0 heterocycles. The molecule has 1 aromatic rings. The van der Waals surface area contributed by atoms with Gasteiger partial charge in [-0.2, -0.15) is 0 Å². The lowest BCUT2D eigenvalue weighted by Crippen LogP contribution is -2.27. The van der Waals surface area contributed by atoms with E-state index in [2.05, 4.69) is 4.40 Å².